The fraction of sp³-hybridized carbons (Fsp3) is 0.440. The molecule has 7 nitrogen and oxygen atoms in total. The van der Waals surface area contributed by atoms with E-state index in [1.54, 1.807) is 31.3 Å². The molecule has 0 heterocycles. The summed E-state index contributed by atoms with van der Waals surface area (Å²) in [6.07, 6.45) is 1.29. The van der Waals surface area contributed by atoms with Crippen molar-refractivity contribution in [2.24, 2.45) is 0 Å². The van der Waals surface area contributed by atoms with E-state index in [0.717, 1.165) is 12.0 Å². The van der Waals surface area contributed by atoms with Gasteiger partial charge in [-0.1, -0.05) is 38.1 Å². The van der Waals surface area contributed by atoms with Gasteiger partial charge in [0.05, 0.1) is 14.2 Å². The molecule has 0 aliphatic rings. The van der Waals surface area contributed by atoms with Gasteiger partial charge < -0.3 is 24.4 Å². The second kappa shape index (κ2) is 12.6. The number of carbonyl (C=O) groups excluding carboxylic acids is 2. The Bertz CT molecular complexity index is 886. The largest absolute Gasteiger partial charge is 0.497 e. The van der Waals surface area contributed by atoms with Gasteiger partial charge in [-0.25, -0.2) is 0 Å². The van der Waals surface area contributed by atoms with Crippen LogP contribution < -0.4 is 19.5 Å². The van der Waals surface area contributed by atoms with Crippen LogP contribution in [0.2, 0.25) is 0 Å². The molecule has 7 heteroatoms. The van der Waals surface area contributed by atoms with Gasteiger partial charge in [0.15, 0.2) is 18.1 Å². The first-order valence-electron chi connectivity index (χ1n) is 10.9. The molecular weight excluding hydrogens is 408 g/mol. The van der Waals surface area contributed by atoms with Crippen LogP contribution in [0.3, 0.4) is 0 Å². The predicted molar refractivity (Wildman–Crippen MR) is 124 cm³/mol. The highest BCUT2D eigenvalue weighted by atomic mass is 16.5. The molecule has 1 N–H and O–H groups in total. The molecule has 0 spiro atoms. The fourth-order valence-corrected chi connectivity index (χ4v) is 3.29. The topological polar surface area (TPSA) is 77.1 Å². The van der Waals surface area contributed by atoms with E-state index in [0.29, 0.717) is 23.7 Å². The maximum atomic E-state index is 13.3. The lowest BCUT2D eigenvalue weighted by Crippen LogP contribution is -2.51. The maximum absolute atomic E-state index is 13.3. The molecular formula is C25H34N2O5. The summed E-state index contributed by atoms with van der Waals surface area (Å²) in [5.41, 5.74) is 0.866. The van der Waals surface area contributed by atoms with E-state index in [4.69, 9.17) is 14.2 Å². The van der Waals surface area contributed by atoms with E-state index in [2.05, 4.69) is 5.32 Å². The summed E-state index contributed by atoms with van der Waals surface area (Å²) in [4.78, 5) is 27.8. The number of rotatable bonds is 12. The zero-order valence-electron chi connectivity index (χ0n) is 19.6. The SMILES string of the molecule is CC[C@H](C(=O)N[C@@H](C)CC)N(Cc1cccc(OC)c1)C(=O)COc1ccccc1OC. The lowest BCUT2D eigenvalue weighted by molar-refractivity contribution is -0.143. The summed E-state index contributed by atoms with van der Waals surface area (Å²) < 4.78 is 16.4. The minimum absolute atomic E-state index is 0.0233. The van der Waals surface area contributed by atoms with E-state index in [1.165, 1.54) is 0 Å². The molecule has 0 bridgehead atoms. The van der Waals surface area contributed by atoms with Crippen molar-refractivity contribution in [2.75, 3.05) is 20.8 Å². The number of benzene rings is 2. The smallest absolute Gasteiger partial charge is 0.261 e. The summed E-state index contributed by atoms with van der Waals surface area (Å²) in [7, 11) is 3.14. The molecule has 174 valence electrons. The lowest BCUT2D eigenvalue weighted by atomic mass is 10.1. The minimum Gasteiger partial charge on any atom is -0.497 e. The summed E-state index contributed by atoms with van der Waals surface area (Å²) in [6.45, 7) is 5.90. The van der Waals surface area contributed by atoms with Gasteiger partial charge in [-0.15, -0.1) is 0 Å². The van der Waals surface area contributed by atoms with Crippen LogP contribution in [0.25, 0.3) is 0 Å². The first-order chi connectivity index (χ1) is 15.4. The fourth-order valence-electron chi connectivity index (χ4n) is 3.29. The van der Waals surface area contributed by atoms with Gasteiger partial charge in [-0.2, -0.15) is 0 Å². The van der Waals surface area contributed by atoms with Gasteiger partial charge in [0, 0.05) is 12.6 Å². The predicted octanol–water partition coefficient (Wildman–Crippen LogP) is 3.80. The average molecular weight is 443 g/mol. The first-order valence-corrected chi connectivity index (χ1v) is 10.9. The minimum atomic E-state index is -0.621. The Hall–Kier alpha value is -3.22. The number of ether oxygens (including phenoxy) is 3. The van der Waals surface area contributed by atoms with Gasteiger partial charge in [0.25, 0.3) is 5.91 Å². The number of para-hydroxylation sites is 2. The Balaban J connectivity index is 2.26. The van der Waals surface area contributed by atoms with Crippen LogP contribution >= 0.6 is 0 Å². The standard InChI is InChI=1S/C25H34N2O5/c1-6-18(3)26-25(29)21(7-2)27(16-19-11-10-12-20(15-19)30-4)24(28)17-32-23-14-9-8-13-22(23)31-5/h8-15,18,21H,6-7,16-17H2,1-5H3,(H,26,29)/t18-,21+/m0/s1. The van der Waals surface area contributed by atoms with Gasteiger partial charge in [-0.3, -0.25) is 9.59 Å². The zero-order valence-corrected chi connectivity index (χ0v) is 19.6. The zero-order chi connectivity index (χ0) is 23.5. The molecule has 2 atom stereocenters. The maximum Gasteiger partial charge on any atom is 0.261 e. The van der Waals surface area contributed by atoms with Gasteiger partial charge >= 0.3 is 0 Å². The third-order valence-corrected chi connectivity index (χ3v) is 5.29. The molecule has 0 aliphatic carbocycles. The number of hydrogen-bond donors (Lipinski definition) is 1. The van der Waals surface area contributed by atoms with E-state index >= 15 is 0 Å². The number of carbonyl (C=O) groups is 2. The van der Waals surface area contributed by atoms with Crippen molar-refractivity contribution in [1.29, 1.82) is 0 Å². The molecule has 0 saturated carbocycles. The lowest BCUT2D eigenvalue weighted by Gasteiger charge is -2.31. The molecule has 0 fully saturated rings. The second-order valence-corrected chi connectivity index (χ2v) is 7.55. The van der Waals surface area contributed by atoms with Crippen LogP contribution in [0.1, 0.15) is 39.2 Å². The van der Waals surface area contributed by atoms with Crippen LogP contribution in [0, 0.1) is 0 Å². The van der Waals surface area contributed by atoms with E-state index < -0.39 is 6.04 Å². The molecule has 2 aromatic rings. The normalized spacial score (nSPS) is 12.4. The molecule has 0 saturated heterocycles. The van der Waals surface area contributed by atoms with Crippen LogP contribution in [-0.2, 0) is 16.1 Å². The van der Waals surface area contributed by atoms with Gasteiger partial charge in [0.1, 0.15) is 11.8 Å². The number of hydrogen-bond acceptors (Lipinski definition) is 5. The second-order valence-electron chi connectivity index (χ2n) is 7.55. The van der Waals surface area contributed by atoms with Crippen LogP contribution in [0.15, 0.2) is 48.5 Å². The van der Waals surface area contributed by atoms with E-state index in [9.17, 15) is 9.59 Å². The van der Waals surface area contributed by atoms with Crippen molar-refractivity contribution in [1.82, 2.24) is 10.2 Å². The quantitative estimate of drug-likeness (QED) is 0.541. The molecule has 2 aromatic carbocycles. The summed E-state index contributed by atoms with van der Waals surface area (Å²) in [5.74, 6) is 1.25. The van der Waals surface area contributed by atoms with E-state index in [-0.39, 0.29) is 31.0 Å². The Kier molecular flexibility index (Phi) is 9.85. The Morgan fingerprint density at radius 1 is 0.969 bits per heavy atom. The van der Waals surface area contributed by atoms with Crippen LogP contribution in [0.5, 0.6) is 17.2 Å². The molecule has 0 aliphatic heterocycles. The van der Waals surface area contributed by atoms with Gasteiger partial charge in [0.2, 0.25) is 5.91 Å². The third-order valence-electron chi connectivity index (χ3n) is 5.29. The number of nitrogens with one attached hydrogen (secondary N) is 1. The van der Waals surface area contributed by atoms with Gasteiger partial charge in [-0.05, 0) is 49.6 Å². The molecule has 0 radical (unpaired) electrons. The molecule has 0 unspecified atom stereocenters. The molecule has 0 aromatic heterocycles. The Morgan fingerprint density at radius 2 is 1.69 bits per heavy atom. The number of nitrogens with zero attached hydrogens (tertiary/aromatic N) is 1. The number of amides is 2. The molecule has 2 rings (SSSR count). The summed E-state index contributed by atoms with van der Waals surface area (Å²) >= 11 is 0. The summed E-state index contributed by atoms with van der Waals surface area (Å²) in [5, 5.41) is 3.00. The van der Waals surface area contributed by atoms with E-state index in [1.807, 2.05) is 57.2 Å². The number of methoxy groups -OCH3 is 2. The molecule has 32 heavy (non-hydrogen) atoms. The first kappa shape index (κ1) is 25.0. The Labute approximate surface area is 190 Å². The van der Waals surface area contributed by atoms with Crippen molar-refractivity contribution in [2.45, 2.75) is 52.2 Å². The van der Waals surface area contributed by atoms with Crippen molar-refractivity contribution >= 4 is 11.8 Å². The van der Waals surface area contributed by atoms with Crippen molar-refractivity contribution in [3.63, 3.8) is 0 Å². The Morgan fingerprint density at radius 3 is 2.31 bits per heavy atom. The highest BCUT2D eigenvalue weighted by Gasteiger charge is 2.29. The highest BCUT2D eigenvalue weighted by molar-refractivity contribution is 5.88. The van der Waals surface area contributed by atoms with Crippen LogP contribution in [0.4, 0.5) is 0 Å². The van der Waals surface area contributed by atoms with Crippen molar-refractivity contribution in [3.05, 3.63) is 54.1 Å². The average Bonchev–Trinajstić information content (AvgIpc) is 2.82. The monoisotopic (exact) mass is 442 g/mol. The third kappa shape index (κ3) is 6.90. The summed E-state index contributed by atoms with van der Waals surface area (Å²) in [6, 6.07) is 14.0. The molecule has 2 amide bonds. The highest BCUT2D eigenvalue weighted by Crippen LogP contribution is 2.26. The van der Waals surface area contributed by atoms with Crippen molar-refractivity contribution in [3.8, 4) is 17.2 Å². The van der Waals surface area contributed by atoms with Crippen molar-refractivity contribution < 1.29 is 23.8 Å². The van der Waals surface area contributed by atoms with Crippen LogP contribution in [-0.4, -0.2) is 49.6 Å².